The van der Waals surface area contributed by atoms with Crippen LogP contribution in [0.1, 0.15) is 5.56 Å². The monoisotopic (exact) mass is 184 g/mol. The summed E-state index contributed by atoms with van der Waals surface area (Å²) in [5, 5.41) is 20.7. The van der Waals surface area contributed by atoms with E-state index in [0.717, 1.165) is 0 Å². The van der Waals surface area contributed by atoms with Crippen LogP contribution in [-0.2, 0) is 0 Å². The van der Waals surface area contributed by atoms with Crippen molar-refractivity contribution in [3.8, 4) is 11.5 Å². The van der Waals surface area contributed by atoms with Crippen LogP contribution < -0.4 is 5.46 Å². The molecule has 0 saturated heterocycles. The average molecular weight is 184 g/mol. The van der Waals surface area contributed by atoms with Crippen LogP contribution in [0.25, 0.3) is 10.8 Å². The molecule has 68 valence electrons. The van der Waals surface area contributed by atoms with E-state index in [0.29, 0.717) is 16.3 Å². The van der Waals surface area contributed by atoms with Gasteiger partial charge in [-0.25, -0.2) is 0 Å². The van der Waals surface area contributed by atoms with Crippen molar-refractivity contribution in [2.24, 2.45) is 0 Å². The molecule has 0 amide bonds. The molecule has 14 heavy (non-hydrogen) atoms. The molecule has 2 N–H and O–H groups in total. The minimum absolute atomic E-state index is 0.0379. The standard InChI is InChI=1S/C11H9BO2/c1-6-9(12)11(14)8-5-3-2-4-7(8)10(6)13/h2-5,13-14H,1H3. The van der Waals surface area contributed by atoms with Gasteiger partial charge in [0.2, 0.25) is 0 Å². The quantitative estimate of drug-likeness (QED) is 0.479. The second-order valence-corrected chi connectivity index (χ2v) is 3.28. The summed E-state index contributed by atoms with van der Waals surface area (Å²) < 4.78 is 0. The summed E-state index contributed by atoms with van der Waals surface area (Å²) in [5.74, 6) is 0.173. The molecule has 0 heterocycles. The van der Waals surface area contributed by atoms with E-state index in [1.54, 1.807) is 31.2 Å². The van der Waals surface area contributed by atoms with Crippen molar-refractivity contribution in [2.75, 3.05) is 0 Å². The number of fused-ring (bicyclic) bond motifs is 1. The molecule has 2 aromatic carbocycles. The van der Waals surface area contributed by atoms with E-state index >= 15 is 0 Å². The van der Waals surface area contributed by atoms with Crippen molar-refractivity contribution in [2.45, 2.75) is 6.92 Å². The lowest BCUT2D eigenvalue weighted by Gasteiger charge is -2.10. The zero-order valence-electron chi connectivity index (χ0n) is 7.78. The lowest BCUT2D eigenvalue weighted by Crippen LogP contribution is -2.08. The van der Waals surface area contributed by atoms with Gasteiger partial charge in [-0.2, -0.15) is 0 Å². The molecule has 2 rings (SSSR count). The molecule has 0 unspecified atom stereocenters. The number of benzene rings is 2. The van der Waals surface area contributed by atoms with Crippen LogP contribution in [-0.4, -0.2) is 18.1 Å². The van der Waals surface area contributed by atoms with Gasteiger partial charge in [0.05, 0.1) is 0 Å². The fourth-order valence-electron chi connectivity index (χ4n) is 1.55. The summed E-state index contributed by atoms with van der Waals surface area (Å²) in [4.78, 5) is 0. The molecular formula is C11H9BO2. The van der Waals surface area contributed by atoms with E-state index < -0.39 is 0 Å². The van der Waals surface area contributed by atoms with Gasteiger partial charge < -0.3 is 10.2 Å². The van der Waals surface area contributed by atoms with Crippen molar-refractivity contribution in [3.63, 3.8) is 0 Å². The number of aromatic hydroxyl groups is 2. The summed E-state index contributed by atoms with van der Waals surface area (Å²) in [7, 11) is 5.64. The highest BCUT2D eigenvalue weighted by molar-refractivity contribution is 6.37. The Labute approximate surface area is 83.2 Å². The van der Waals surface area contributed by atoms with Gasteiger partial charge >= 0.3 is 0 Å². The molecule has 2 radical (unpaired) electrons. The summed E-state index contributed by atoms with van der Waals surface area (Å²) in [5.41, 5.74) is 0.752. The smallest absolute Gasteiger partial charge is 0.125 e. The summed E-state index contributed by atoms with van der Waals surface area (Å²) in [6.45, 7) is 1.68. The van der Waals surface area contributed by atoms with Crippen LogP contribution in [0.15, 0.2) is 24.3 Å². The number of hydrogen-bond donors (Lipinski definition) is 2. The fourth-order valence-corrected chi connectivity index (χ4v) is 1.55. The maximum atomic E-state index is 9.77. The molecule has 0 atom stereocenters. The molecule has 0 aromatic heterocycles. The fraction of sp³-hybridized carbons (Fsp3) is 0.0909. The first-order chi connectivity index (χ1) is 6.63. The van der Waals surface area contributed by atoms with Crippen LogP contribution >= 0.6 is 0 Å². The molecule has 0 fully saturated rings. The van der Waals surface area contributed by atoms with Gasteiger partial charge in [0, 0.05) is 10.8 Å². The van der Waals surface area contributed by atoms with E-state index in [-0.39, 0.29) is 17.0 Å². The second kappa shape index (κ2) is 2.94. The average Bonchev–Trinajstić information content (AvgIpc) is 2.23. The maximum absolute atomic E-state index is 9.77. The van der Waals surface area contributed by atoms with Gasteiger partial charge in [0.1, 0.15) is 19.3 Å². The number of rotatable bonds is 0. The Morgan fingerprint density at radius 3 is 2.07 bits per heavy atom. The van der Waals surface area contributed by atoms with Gasteiger partial charge in [0.15, 0.2) is 0 Å². The molecule has 2 aromatic rings. The third-order valence-electron chi connectivity index (χ3n) is 2.45. The zero-order chi connectivity index (χ0) is 10.3. The predicted molar refractivity (Wildman–Crippen MR) is 57.4 cm³/mol. The summed E-state index contributed by atoms with van der Waals surface area (Å²) in [6, 6.07) is 7.06. The molecule has 0 aliphatic carbocycles. The van der Waals surface area contributed by atoms with Gasteiger partial charge in [-0.1, -0.05) is 24.3 Å². The number of hydrogen-bond acceptors (Lipinski definition) is 2. The van der Waals surface area contributed by atoms with Crippen LogP contribution in [0.5, 0.6) is 11.5 Å². The normalized spacial score (nSPS) is 10.6. The van der Waals surface area contributed by atoms with E-state index in [1.807, 2.05) is 0 Å². The van der Waals surface area contributed by atoms with E-state index in [4.69, 9.17) is 7.85 Å². The van der Waals surface area contributed by atoms with E-state index in [1.165, 1.54) is 0 Å². The maximum Gasteiger partial charge on any atom is 0.125 e. The third kappa shape index (κ3) is 1.05. The first kappa shape index (κ1) is 8.94. The van der Waals surface area contributed by atoms with Gasteiger partial charge in [0.25, 0.3) is 0 Å². The molecule has 3 heteroatoms. The minimum Gasteiger partial charge on any atom is -0.508 e. The highest BCUT2D eigenvalue weighted by Gasteiger charge is 2.11. The highest BCUT2D eigenvalue weighted by Crippen LogP contribution is 2.32. The van der Waals surface area contributed by atoms with Crippen molar-refractivity contribution >= 4 is 24.1 Å². The Bertz CT molecular complexity index is 460. The lowest BCUT2D eigenvalue weighted by atomic mass is 9.86. The first-order valence-electron chi connectivity index (χ1n) is 4.31. The Morgan fingerprint density at radius 2 is 1.50 bits per heavy atom. The van der Waals surface area contributed by atoms with Crippen LogP contribution in [0.4, 0.5) is 0 Å². The van der Waals surface area contributed by atoms with Crippen LogP contribution in [0.2, 0.25) is 0 Å². The molecular weight excluding hydrogens is 175 g/mol. The van der Waals surface area contributed by atoms with Gasteiger partial charge in [-0.05, 0) is 17.9 Å². The summed E-state index contributed by atoms with van der Waals surface area (Å²) in [6.07, 6.45) is 0. The molecule has 0 spiro atoms. The minimum atomic E-state index is 0.0379. The topological polar surface area (TPSA) is 40.5 Å². The molecule has 0 aliphatic heterocycles. The van der Waals surface area contributed by atoms with E-state index in [2.05, 4.69) is 0 Å². The number of phenols is 2. The second-order valence-electron chi connectivity index (χ2n) is 3.28. The van der Waals surface area contributed by atoms with Crippen molar-refractivity contribution in [1.29, 1.82) is 0 Å². The Morgan fingerprint density at radius 1 is 1.00 bits per heavy atom. The van der Waals surface area contributed by atoms with Crippen LogP contribution in [0, 0.1) is 6.92 Å². The Balaban J connectivity index is 3.02. The SMILES string of the molecule is [B]c1c(C)c(O)c2ccccc2c1O. The molecule has 0 aliphatic rings. The van der Waals surface area contributed by atoms with Crippen molar-refractivity contribution in [3.05, 3.63) is 29.8 Å². The zero-order valence-corrected chi connectivity index (χ0v) is 7.78. The largest absolute Gasteiger partial charge is 0.508 e. The third-order valence-corrected chi connectivity index (χ3v) is 2.45. The van der Waals surface area contributed by atoms with Gasteiger partial charge in [-0.15, -0.1) is 0 Å². The Kier molecular flexibility index (Phi) is 1.88. The van der Waals surface area contributed by atoms with E-state index in [9.17, 15) is 10.2 Å². The molecule has 0 bridgehead atoms. The van der Waals surface area contributed by atoms with Gasteiger partial charge in [-0.3, -0.25) is 0 Å². The molecule has 0 saturated carbocycles. The lowest BCUT2D eigenvalue weighted by molar-refractivity contribution is 0.469. The van der Waals surface area contributed by atoms with Crippen molar-refractivity contribution < 1.29 is 10.2 Å². The number of phenolic OH excluding ortho intramolecular Hbond substituents is 2. The highest BCUT2D eigenvalue weighted by atomic mass is 16.3. The first-order valence-corrected chi connectivity index (χ1v) is 4.31. The van der Waals surface area contributed by atoms with Crippen LogP contribution in [0.3, 0.4) is 0 Å². The van der Waals surface area contributed by atoms with Crippen molar-refractivity contribution in [1.82, 2.24) is 0 Å². The summed E-state index contributed by atoms with van der Waals surface area (Å²) >= 11 is 0. The molecule has 2 nitrogen and oxygen atoms in total. The Hall–Kier alpha value is -1.64. The predicted octanol–water partition coefficient (Wildman–Crippen LogP) is 1.35.